The second-order valence-corrected chi connectivity index (χ2v) is 9.64. The maximum atomic E-state index is 14.3. The van der Waals surface area contributed by atoms with Crippen LogP contribution in [-0.4, -0.2) is 8.65 Å². The van der Waals surface area contributed by atoms with Crippen molar-refractivity contribution in [3.8, 4) is 0 Å². The van der Waals surface area contributed by atoms with Gasteiger partial charge in [-0.1, -0.05) is 41.5 Å². The third-order valence-corrected chi connectivity index (χ3v) is 6.28. The summed E-state index contributed by atoms with van der Waals surface area (Å²) in [5.74, 6) is 5.07. The van der Waals surface area contributed by atoms with E-state index in [0.29, 0.717) is 0 Å². The summed E-state index contributed by atoms with van der Waals surface area (Å²) in [5, 5.41) is -0.972. The Bertz CT molecular complexity index is 145. The van der Waals surface area contributed by atoms with Crippen LogP contribution in [0.25, 0.3) is 0 Å². The molecule has 0 amide bonds. The van der Waals surface area contributed by atoms with Crippen LogP contribution < -0.4 is 5.90 Å². The minimum absolute atomic E-state index is 0.486. The Balaban J connectivity index is 4.95. The lowest BCUT2D eigenvalue weighted by atomic mass is 10.2. The van der Waals surface area contributed by atoms with Crippen LogP contribution >= 0.6 is 0 Å². The van der Waals surface area contributed by atoms with Gasteiger partial charge in [0, 0.05) is 10.1 Å². The summed E-state index contributed by atoms with van der Waals surface area (Å²) in [6.07, 6.45) is 0. The van der Waals surface area contributed by atoms with Crippen LogP contribution in [0.3, 0.4) is 0 Å². The molecule has 2 nitrogen and oxygen atoms in total. The van der Waals surface area contributed by atoms with E-state index in [9.17, 15) is 4.11 Å². The van der Waals surface area contributed by atoms with Crippen molar-refractivity contribution in [3.05, 3.63) is 0 Å². The van der Waals surface area contributed by atoms with Crippen molar-refractivity contribution in [2.24, 2.45) is 5.90 Å². The van der Waals surface area contributed by atoms with E-state index < -0.39 is 18.7 Å². The van der Waals surface area contributed by atoms with Crippen LogP contribution in [0, 0.1) is 0 Å². The molecule has 0 atom stereocenters. The lowest BCUT2D eigenvalue weighted by Crippen LogP contribution is -2.52. The van der Waals surface area contributed by atoms with E-state index in [2.05, 4.69) is 4.53 Å². The zero-order chi connectivity index (χ0) is 10.2. The van der Waals surface area contributed by atoms with Crippen LogP contribution in [0.5, 0.6) is 0 Å². The fourth-order valence-electron chi connectivity index (χ4n) is 1.48. The highest BCUT2D eigenvalue weighted by molar-refractivity contribution is 6.72. The molecule has 0 aliphatic carbocycles. The number of hydrogen-bond donors (Lipinski definition) is 1. The topological polar surface area (TPSA) is 35.2 Å². The first-order valence-corrected chi connectivity index (χ1v) is 5.92. The van der Waals surface area contributed by atoms with Crippen molar-refractivity contribution in [3.63, 3.8) is 0 Å². The van der Waals surface area contributed by atoms with Crippen molar-refractivity contribution in [1.82, 2.24) is 0 Å². The molecule has 0 fully saturated rings. The number of nitrogens with two attached hydrogens (primary N) is 1. The van der Waals surface area contributed by atoms with Crippen molar-refractivity contribution in [2.75, 3.05) is 0 Å². The zero-order valence-corrected chi connectivity index (χ0v) is 9.86. The molecule has 12 heavy (non-hydrogen) atoms. The third kappa shape index (κ3) is 1.86. The Kier molecular flexibility index (Phi) is 3.10. The van der Waals surface area contributed by atoms with Gasteiger partial charge in [0.05, 0.1) is 0 Å². The Morgan fingerprint density at radius 2 is 1.25 bits per heavy atom. The molecule has 0 aliphatic rings. The molecule has 0 radical (unpaired) electrons. The smallest absolute Gasteiger partial charge is 0.310 e. The average molecular weight is 193 g/mol. The van der Waals surface area contributed by atoms with Crippen LogP contribution in [0.1, 0.15) is 41.5 Å². The normalized spacial score (nSPS) is 15.0. The third-order valence-electron chi connectivity index (χ3n) is 2.09. The van der Waals surface area contributed by atoms with Crippen LogP contribution in [0.15, 0.2) is 0 Å². The van der Waals surface area contributed by atoms with E-state index in [0.717, 1.165) is 0 Å². The molecule has 0 unspecified atom stereocenters. The molecular weight excluding hydrogens is 173 g/mol. The summed E-state index contributed by atoms with van der Waals surface area (Å²) < 4.78 is 19.0. The fraction of sp³-hybridized carbons (Fsp3) is 1.00. The molecule has 0 spiro atoms. The summed E-state index contributed by atoms with van der Waals surface area (Å²) in [7, 11) is -3.35. The molecule has 0 aromatic carbocycles. The first-order valence-electron chi connectivity index (χ1n) is 4.13. The van der Waals surface area contributed by atoms with Crippen molar-refractivity contribution in [1.29, 1.82) is 0 Å². The molecule has 0 aromatic rings. The van der Waals surface area contributed by atoms with Gasteiger partial charge in [-0.3, -0.25) is 4.11 Å². The molecular formula is C8H20FNOSi. The maximum absolute atomic E-state index is 14.3. The Morgan fingerprint density at radius 3 is 1.25 bits per heavy atom. The molecule has 2 N–H and O–H groups in total. The SMILES string of the molecule is CC(C)(C)[Si](F)(ON)C(C)(C)C. The summed E-state index contributed by atoms with van der Waals surface area (Å²) in [5.41, 5.74) is 0. The standard InChI is InChI=1S/C8H20FNOSi/c1-7(2,3)12(9,11-10)8(4,5)6/h10H2,1-6H3. The maximum Gasteiger partial charge on any atom is 0.411 e. The second-order valence-electron chi connectivity index (χ2n) is 5.21. The van der Waals surface area contributed by atoms with Crippen LogP contribution in [0.4, 0.5) is 4.11 Å². The minimum Gasteiger partial charge on any atom is -0.310 e. The first-order chi connectivity index (χ1) is 5.06. The fourth-order valence-corrected chi connectivity index (χ4v) is 4.44. The van der Waals surface area contributed by atoms with Crippen molar-refractivity contribution >= 4 is 8.65 Å². The average Bonchev–Trinajstić information content (AvgIpc) is 1.81. The Labute approximate surface area is 75.5 Å². The largest absolute Gasteiger partial charge is 0.411 e. The van der Waals surface area contributed by atoms with Gasteiger partial charge in [-0.2, -0.15) is 0 Å². The summed E-state index contributed by atoms with van der Waals surface area (Å²) in [4.78, 5) is 0. The van der Waals surface area contributed by atoms with Crippen LogP contribution in [0.2, 0.25) is 10.1 Å². The van der Waals surface area contributed by atoms with E-state index in [4.69, 9.17) is 5.90 Å². The van der Waals surface area contributed by atoms with E-state index in [-0.39, 0.29) is 0 Å². The number of hydrogen-bond acceptors (Lipinski definition) is 2. The highest BCUT2D eigenvalue weighted by Crippen LogP contribution is 2.51. The lowest BCUT2D eigenvalue weighted by molar-refractivity contribution is 0.222. The lowest BCUT2D eigenvalue weighted by Gasteiger charge is -2.41. The second kappa shape index (κ2) is 3.09. The van der Waals surface area contributed by atoms with E-state index >= 15 is 0 Å². The minimum atomic E-state index is -3.35. The first kappa shape index (κ1) is 12.1. The number of halogens is 1. The molecule has 0 aliphatic heterocycles. The number of rotatable bonds is 1. The summed E-state index contributed by atoms with van der Waals surface area (Å²) in [6, 6.07) is 0. The van der Waals surface area contributed by atoms with Gasteiger partial charge >= 0.3 is 8.65 Å². The highest BCUT2D eigenvalue weighted by Gasteiger charge is 2.58. The molecule has 0 bridgehead atoms. The van der Waals surface area contributed by atoms with Crippen molar-refractivity contribution < 1.29 is 8.63 Å². The monoisotopic (exact) mass is 193 g/mol. The zero-order valence-electron chi connectivity index (χ0n) is 8.86. The van der Waals surface area contributed by atoms with E-state index in [1.54, 1.807) is 0 Å². The molecule has 0 saturated carbocycles. The van der Waals surface area contributed by atoms with E-state index in [1.165, 1.54) is 0 Å². The van der Waals surface area contributed by atoms with Gasteiger partial charge in [0.15, 0.2) is 0 Å². The van der Waals surface area contributed by atoms with Crippen LogP contribution in [-0.2, 0) is 4.53 Å². The molecule has 0 heterocycles. The van der Waals surface area contributed by atoms with Gasteiger partial charge in [0.25, 0.3) is 0 Å². The summed E-state index contributed by atoms with van der Waals surface area (Å²) >= 11 is 0. The molecule has 4 heteroatoms. The van der Waals surface area contributed by atoms with Gasteiger partial charge < -0.3 is 4.53 Å². The molecule has 0 rings (SSSR count). The Hall–Kier alpha value is 0.0669. The van der Waals surface area contributed by atoms with Gasteiger partial charge in [-0.25, -0.2) is 5.90 Å². The van der Waals surface area contributed by atoms with Crippen molar-refractivity contribution in [2.45, 2.75) is 51.6 Å². The van der Waals surface area contributed by atoms with E-state index in [1.807, 2.05) is 41.5 Å². The Morgan fingerprint density at radius 1 is 1.00 bits per heavy atom. The van der Waals surface area contributed by atoms with Gasteiger partial charge in [-0.15, -0.1) is 0 Å². The molecule has 74 valence electrons. The molecule has 0 saturated heterocycles. The quantitative estimate of drug-likeness (QED) is 0.395. The highest BCUT2D eigenvalue weighted by atomic mass is 28.4. The molecule has 0 aromatic heterocycles. The summed E-state index contributed by atoms with van der Waals surface area (Å²) in [6.45, 7) is 11.0. The van der Waals surface area contributed by atoms with Gasteiger partial charge in [0.1, 0.15) is 0 Å². The predicted molar refractivity (Wildman–Crippen MR) is 51.6 cm³/mol. The van der Waals surface area contributed by atoms with Gasteiger partial charge in [-0.05, 0) is 0 Å². The predicted octanol–water partition coefficient (Wildman–Crippen LogP) is 2.89. The van der Waals surface area contributed by atoms with Gasteiger partial charge in [0.2, 0.25) is 0 Å².